The molecule has 0 aliphatic heterocycles. The van der Waals surface area contributed by atoms with Gasteiger partial charge in [-0.15, -0.1) is 0 Å². The van der Waals surface area contributed by atoms with Crippen LogP contribution in [-0.4, -0.2) is 17.8 Å². The highest BCUT2D eigenvalue weighted by molar-refractivity contribution is 5.79. The zero-order valence-corrected chi connectivity index (χ0v) is 14.1. The Hall–Kier alpha value is -3.05. The molecule has 0 bridgehead atoms. The monoisotopic (exact) mass is 349 g/mol. The van der Waals surface area contributed by atoms with Gasteiger partial charge < -0.3 is 19.6 Å². The summed E-state index contributed by atoms with van der Waals surface area (Å²) in [6.45, 7) is 0.335. The predicted molar refractivity (Wildman–Crippen MR) is 96.5 cm³/mol. The molecule has 132 valence electrons. The van der Waals surface area contributed by atoms with E-state index in [4.69, 9.17) is 14.3 Å². The summed E-state index contributed by atoms with van der Waals surface area (Å²) in [5.74, 6) is 1.08. The lowest BCUT2D eigenvalue weighted by atomic mass is 9.98. The van der Waals surface area contributed by atoms with Crippen LogP contribution >= 0.6 is 0 Å². The van der Waals surface area contributed by atoms with Crippen molar-refractivity contribution in [1.82, 2.24) is 5.32 Å². The first-order valence-electron chi connectivity index (χ1n) is 8.53. The quantitative estimate of drug-likeness (QED) is 0.735. The minimum absolute atomic E-state index is 0.0396. The molecular weight excluding hydrogens is 330 g/mol. The molecule has 5 heteroatoms. The van der Waals surface area contributed by atoms with Gasteiger partial charge in [0.15, 0.2) is 0 Å². The lowest BCUT2D eigenvalue weighted by Crippen LogP contribution is -2.25. The summed E-state index contributed by atoms with van der Waals surface area (Å²) in [6, 6.07) is 19.8. The number of hydrogen-bond acceptors (Lipinski definition) is 4. The van der Waals surface area contributed by atoms with Gasteiger partial charge in [0.05, 0.1) is 6.54 Å². The van der Waals surface area contributed by atoms with Crippen molar-refractivity contribution < 1.29 is 19.1 Å². The van der Waals surface area contributed by atoms with E-state index in [1.807, 2.05) is 24.3 Å². The van der Waals surface area contributed by atoms with Gasteiger partial charge >= 0.3 is 6.09 Å². The standard InChI is InChI=1S/C21H19NO4/c23-12-15-10-9-14(26-15)11-22-21(24)25-13-20-18-7-3-1-5-16(18)17-6-2-4-8-19(17)20/h1-10,20,23H,11-13H2,(H,22,24). The van der Waals surface area contributed by atoms with Crippen molar-refractivity contribution in [2.75, 3.05) is 6.61 Å². The highest BCUT2D eigenvalue weighted by Gasteiger charge is 2.28. The largest absolute Gasteiger partial charge is 0.462 e. The normalized spacial score (nSPS) is 12.5. The van der Waals surface area contributed by atoms with E-state index in [0.29, 0.717) is 11.5 Å². The van der Waals surface area contributed by atoms with Crippen molar-refractivity contribution in [3.05, 3.63) is 83.3 Å². The third-order valence-electron chi connectivity index (χ3n) is 4.62. The molecule has 0 spiro atoms. The van der Waals surface area contributed by atoms with E-state index >= 15 is 0 Å². The van der Waals surface area contributed by atoms with Crippen LogP contribution in [-0.2, 0) is 17.9 Å². The number of carbonyl (C=O) groups excluding carboxylic acids is 1. The molecule has 26 heavy (non-hydrogen) atoms. The maximum absolute atomic E-state index is 12.0. The van der Waals surface area contributed by atoms with Crippen molar-refractivity contribution in [3.8, 4) is 11.1 Å². The highest BCUT2D eigenvalue weighted by Crippen LogP contribution is 2.44. The molecule has 0 saturated heterocycles. The summed E-state index contributed by atoms with van der Waals surface area (Å²) >= 11 is 0. The number of furan rings is 1. The van der Waals surface area contributed by atoms with Crippen LogP contribution in [0, 0.1) is 0 Å². The molecule has 2 N–H and O–H groups in total. The Morgan fingerprint density at radius 2 is 1.58 bits per heavy atom. The van der Waals surface area contributed by atoms with Gasteiger partial charge in [0, 0.05) is 5.92 Å². The smallest absolute Gasteiger partial charge is 0.407 e. The van der Waals surface area contributed by atoms with E-state index in [9.17, 15) is 4.79 Å². The van der Waals surface area contributed by atoms with E-state index in [0.717, 1.165) is 0 Å². The number of hydrogen-bond donors (Lipinski definition) is 2. The second-order valence-corrected chi connectivity index (χ2v) is 6.21. The average Bonchev–Trinajstić information content (AvgIpc) is 3.27. The number of nitrogens with one attached hydrogen (secondary N) is 1. The molecule has 4 rings (SSSR count). The summed E-state index contributed by atoms with van der Waals surface area (Å²) in [5.41, 5.74) is 4.76. The molecule has 0 unspecified atom stereocenters. The number of aliphatic hydroxyl groups excluding tert-OH is 1. The topological polar surface area (TPSA) is 71.7 Å². The Bertz CT molecular complexity index is 886. The molecule has 0 radical (unpaired) electrons. The molecule has 5 nitrogen and oxygen atoms in total. The number of alkyl carbamates (subject to hydrolysis) is 1. The number of rotatable bonds is 5. The average molecular weight is 349 g/mol. The van der Waals surface area contributed by atoms with Crippen LogP contribution in [0.3, 0.4) is 0 Å². The van der Waals surface area contributed by atoms with Gasteiger partial charge in [0.2, 0.25) is 0 Å². The zero-order valence-electron chi connectivity index (χ0n) is 14.1. The zero-order chi connectivity index (χ0) is 17.9. The molecule has 1 aromatic heterocycles. The molecule has 0 saturated carbocycles. The fourth-order valence-corrected chi connectivity index (χ4v) is 3.41. The summed E-state index contributed by atoms with van der Waals surface area (Å²) in [6.07, 6.45) is -0.492. The van der Waals surface area contributed by atoms with Crippen molar-refractivity contribution >= 4 is 6.09 Å². The fraction of sp³-hybridized carbons (Fsp3) is 0.190. The number of carbonyl (C=O) groups is 1. The second kappa shape index (κ2) is 7.06. The maximum atomic E-state index is 12.0. The minimum Gasteiger partial charge on any atom is -0.462 e. The predicted octanol–water partition coefficient (Wildman–Crippen LogP) is 3.81. The molecule has 1 heterocycles. The minimum atomic E-state index is -0.492. The van der Waals surface area contributed by atoms with Crippen molar-refractivity contribution in [1.29, 1.82) is 0 Å². The van der Waals surface area contributed by atoms with Crippen LogP contribution in [0.4, 0.5) is 4.79 Å². The second-order valence-electron chi connectivity index (χ2n) is 6.21. The molecule has 1 aliphatic rings. The van der Waals surface area contributed by atoms with Crippen LogP contribution in [0.2, 0.25) is 0 Å². The van der Waals surface area contributed by atoms with Gasteiger partial charge in [-0.25, -0.2) is 4.79 Å². The van der Waals surface area contributed by atoms with E-state index in [1.54, 1.807) is 12.1 Å². The van der Waals surface area contributed by atoms with Gasteiger partial charge in [0.1, 0.15) is 24.7 Å². The van der Waals surface area contributed by atoms with Gasteiger partial charge in [0.25, 0.3) is 0 Å². The number of aliphatic hydroxyl groups is 1. The summed E-state index contributed by atoms with van der Waals surface area (Å²) in [5, 5.41) is 11.7. The van der Waals surface area contributed by atoms with Gasteiger partial charge in [-0.2, -0.15) is 0 Å². The van der Waals surface area contributed by atoms with E-state index < -0.39 is 6.09 Å². The van der Waals surface area contributed by atoms with Crippen LogP contribution in [0.5, 0.6) is 0 Å². The first-order chi connectivity index (χ1) is 12.8. The molecule has 3 aromatic rings. The third-order valence-corrected chi connectivity index (χ3v) is 4.62. The SMILES string of the molecule is O=C(NCc1ccc(CO)o1)OCC1c2ccccc2-c2ccccc21. The number of fused-ring (bicyclic) bond motifs is 3. The third kappa shape index (κ3) is 3.09. The van der Waals surface area contributed by atoms with Crippen molar-refractivity contribution in [2.45, 2.75) is 19.1 Å². The van der Waals surface area contributed by atoms with Gasteiger partial charge in [-0.05, 0) is 34.4 Å². The first kappa shape index (κ1) is 16.4. The fourth-order valence-electron chi connectivity index (χ4n) is 3.41. The molecule has 1 amide bonds. The van der Waals surface area contributed by atoms with Crippen LogP contribution in [0.15, 0.2) is 65.1 Å². The summed E-state index contributed by atoms with van der Waals surface area (Å²) < 4.78 is 10.8. The first-order valence-corrected chi connectivity index (χ1v) is 8.53. The Kier molecular flexibility index (Phi) is 4.46. The van der Waals surface area contributed by atoms with Crippen LogP contribution in [0.25, 0.3) is 11.1 Å². The van der Waals surface area contributed by atoms with E-state index in [2.05, 4.69) is 29.6 Å². The number of benzene rings is 2. The molecular formula is C21H19NO4. The molecule has 0 atom stereocenters. The highest BCUT2D eigenvalue weighted by atomic mass is 16.5. The van der Waals surface area contributed by atoms with E-state index in [-0.39, 0.29) is 25.7 Å². The van der Waals surface area contributed by atoms with Gasteiger partial charge in [-0.1, -0.05) is 48.5 Å². The Balaban J connectivity index is 1.40. The van der Waals surface area contributed by atoms with E-state index in [1.165, 1.54) is 22.3 Å². The Morgan fingerprint density at radius 1 is 0.962 bits per heavy atom. The van der Waals surface area contributed by atoms with Gasteiger partial charge in [-0.3, -0.25) is 0 Å². The maximum Gasteiger partial charge on any atom is 0.407 e. The summed E-state index contributed by atoms with van der Waals surface area (Å²) in [4.78, 5) is 12.0. The molecule has 0 fully saturated rings. The van der Waals surface area contributed by atoms with Crippen molar-refractivity contribution in [3.63, 3.8) is 0 Å². The Labute approximate surface area is 151 Å². The Morgan fingerprint density at radius 3 is 2.19 bits per heavy atom. The molecule has 1 aliphatic carbocycles. The van der Waals surface area contributed by atoms with Crippen LogP contribution < -0.4 is 5.32 Å². The number of amides is 1. The lowest BCUT2D eigenvalue weighted by Gasteiger charge is -2.14. The molecule has 2 aromatic carbocycles. The summed E-state index contributed by atoms with van der Waals surface area (Å²) in [7, 11) is 0. The number of ether oxygens (including phenoxy) is 1. The van der Waals surface area contributed by atoms with Crippen molar-refractivity contribution in [2.24, 2.45) is 0 Å². The van der Waals surface area contributed by atoms with Crippen LogP contribution in [0.1, 0.15) is 28.6 Å². The lowest BCUT2D eigenvalue weighted by molar-refractivity contribution is 0.141.